The number of nitrogens with zero attached hydrogens (tertiary/aromatic N) is 1. The number of nitrogens with one attached hydrogen (secondary N) is 1. The van der Waals surface area contributed by atoms with Crippen LogP contribution in [0.3, 0.4) is 0 Å². The van der Waals surface area contributed by atoms with E-state index in [0.717, 1.165) is 12.6 Å². The van der Waals surface area contributed by atoms with Crippen molar-refractivity contribution in [3.05, 3.63) is 35.4 Å². The maximum absolute atomic E-state index is 3.79. The van der Waals surface area contributed by atoms with Crippen LogP contribution in [-0.4, -0.2) is 30.1 Å². The van der Waals surface area contributed by atoms with Gasteiger partial charge in [0.15, 0.2) is 0 Å². The SMILES string of the molecule is CCCNC1c2ccccc2CC1N1CCCC1C. The van der Waals surface area contributed by atoms with Gasteiger partial charge in [0, 0.05) is 18.1 Å². The Balaban J connectivity index is 1.84. The van der Waals surface area contributed by atoms with Gasteiger partial charge in [0.2, 0.25) is 0 Å². The first-order valence-electron chi connectivity index (χ1n) is 7.88. The van der Waals surface area contributed by atoms with Crippen molar-refractivity contribution < 1.29 is 0 Å². The third kappa shape index (κ3) is 2.44. The van der Waals surface area contributed by atoms with Crippen LogP contribution >= 0.6 is 0 Å². The molecule has 3 rings (SSSR count). The van der Waals surface area contributed by atoms with Gasteiger partial charge in [-0.3, -0.25) is 4.90 Å². The number of benzene rings is 1. The van der Waals surface area contributed by atoms with E-state index in [1.165, 1.54) is 32.2 Å². The molecule has 3 unspecified atom stereocenters. The van der Waals surface area contributed by atoms with Gasteiger partial charge >= 0.3 is 0 Å². The van der Waals surface area contributed by atoms with Crippen molar-refractivity contribution in [2.45, 2.75) is 57.7 Å². The maximum atomic E-state index is 3.79. The molecule has 3 atom stereocenters. The van der Waals surface area contributed by atoms with Gasteiger partial charge < -0.3 is 5.32 Å². The second kappa shape index (κ2) is 5.64. The maximum Gasteiger partial charge on any atom is 0.0484 e. The number of hydrogen-bond acceptors (Lipinski definition) is 2. The van der Waals surface area contributed by atoms with Gasteiger partial charge in [-0.25, -0.2) is 0 Å². The minimum atomic E-state index is 0.539. The Labute approximate surface area is 117 Å². The van der Waals surface area contributed by atoms with Gasteiger partial charge in [-0.1, -0.05) is 31.2 Å². The Morgan fingerprint density at radius 1 is 1.32 bits per heavy atom. The molecule has 19 heavy (non-hydrogen) atoms. The lowest BCUT2D eigenvalue weighted by Gasteiger charge is -2.33. The topological polar surface area (TPSA) is 15.3 Å². The molecule has 1 aliphatic heterocycles. The summed E-state index contributed by atoms with van der Waals surface area (Å²) in [5, 5.41) is 3.79. The highest BCUT2D eigenvalue weighted by Crippen LogP contribution is 2.37. The summed E-state index contributed by atoms with van der Waals surface area (Å²) in [4.78, 5) is 2.74. The molecule has 1 aliphatic carbocycles. The second-order valence-corrected chi connectivity index (χ2v) is 6.13. The van der Waals surface area contributed by atoms with Crippen molar-refractivity contribution in [1.29, 1.82) is 0 Å². The quantitative estimate of drug-likeness (QED) is 0.892. The van der Waals surface area contributed by atoms with E-state index in [-0.39, 0.29) is 0 Å². The zero-order chi connectivity index (χ0) is 13.2. The van der Waals surface area contributed by atoms with Crippen LogP contribution in [0.5, 0.6) is 0 Å². The highest BCUT2D eigenvalue weighted by molar-refractivity contribution is 5.37. The molecule has 2 aliphatic rings. The lowest BCUT2D eigenvalue weighted by molar-refractivity contribution is 0.160. The molecule has 0 radical (unpaired) electrons. The molecule has 1 aromatic rings. The van der Waals surface area contributed by atoms with Gasteiger partial charge in [-0.15, -0.1) is 0 Å². The molecule has 1 saturated heterocycles. The Hall–Kier alpha value is -0.860. The molecular formula is C17H26N2. The summed E-state index contributed by atoms with van der Waals surface area (Å²) in [6, 6.07) is 11.0. The lowest BCUT2D eigenvalue weighted by atomic mass is 10.1. The van der Waals surface area contributed by atoms with Crippen LogP contribution in [0.1, 0.15) is 50.3 Å². The van der Waals surface area contributed by atoms with Crippen LogP contribution in [0.4, 0.5) is 0 Å². The van der Waals surface area contributed by atoms with E-state index in [2.05, 4.69) is 48.3 Å². The summed E-state index contributed by atoms with van der Waals surface area (Å²) in [7, 11) is 0. The first kappa shape index (κ1) is 13.1. The first-order chi connectivity index (χ1) is 9.31. The Morgan fingerprint density at radius 2 is 2.16 bits per heavy atom. The fourth-order valence-electron chi connectivity index (χ4n) is 3.88. The molecule has 0 saturated carbocycles. The van der Waals surface area contributed by atoms with E-state index in [1.807, 2.05) is 0 Å². The van der Waals surface area contributed by atoms with Gasteiger partial charge in [-0.05, 0) is 56.8 Å². The van der Waals surface area contributed by atoms with E-state index in [1.54, 1.807) is 11.1 Å². The summed E-state index contributed by atoms with van der Waals surface area (Å²) < 4.78 is 0. The minimum Gasteiger partial charge on any atom is -0.309 e. The molecular weight excluding hydrogens is 232 g/mol. The van der Waals surface area contributed by atoms with Crippen molar-refractivity contribution in [3.63, 3.8) is 0 Å². The molecule has 0 bridgehead atoms. The van der Waals surface area contributed by atoms with Crippen molar-refractivity contribution in [3.8, 4) is 0 Å². The molecule has 0 aromatic heterocycles. The number of hydrogen-bond donors (Lipinski definition) is 1. The molecule has 1 heterocycles. The van der Waals surface area contributed by atoms with E-state index in [0.29, 0.717) is 12.1 Å². The Kier molecular flexibility index (Phi) is 3.90. The summed E-state index contributed by atoms with van der Waals surface area (Å²) >= 11 is 0. The lowest BCUT2D eigenvalue weighted by Crippen LogP contribution is -2.44. The fourth-order valence-corrected chi connectivity index (χ4v) is 3.88. The number of rotatable bonds is 4. The van der Waals surface area contributed by atoms with Gasteiger partial charge in [-0.2, -0.15) is 0 Å². The van der Waals surface area contributed by atoms with Gasteiger partial charge in [0.1, 0.15) is 0 Å². The second-order valence-electron chi connectivity index (χ2n) is 6.13. The minimum absolute atomic E-state index is 0.539. The normalized spacial score (nSPS) is 30.7. The van der Waals surface area contributed by atoms with E-state index in [4.69, 9.17) is 0 Å². The number of likely N-dealkylation sites (tertiary alicyclic amines) is 1. The monoisotopic (exact) mass is 258 g/mol. The van der Waals surface area contributed by atoms with Crippen LogP contribution in [0, 0.1) is 0 Å². The average molecular weight is 258 g/mol. The standard InChI is InChI=1S/C17H26N2/c1-3-10-18-17-15-9-5-4-8-14(15)12-16(17)19-11-6-7-13(19)2/h4-5,8-9,13,16-18H,3,6-7,10-12H2,1-2H3. The summed E-state index contributed by atoms with van der Waals surface area (Å²) in [6.07, 6.45) is 5.17. The van der Waals surface area contributed by atoms with Crippen LogP contribution in [-0.2, 0) is 6.42 Å². The van der Waals surface area contributed by atoms with Crippen LogP contribution in [0.15, 0.2) is 24.3 Å². The molecule has 2 heteroatoms. The summed E-state index contributed by atoms with van der Waals surface area (Å²) in [5.74, 6) is 0. The van der Waals surface area contributed by atoms with E-state index >= 15 is 0 Å². The molecule has 1 fully saturated rings. The average Bonchev–Trinajstić information content (AvgIpc) is 2.99. The van der Waals surface area contributed by atoms with E-state index < -0.39 is 0 Å². The predicted octanol–water partition coefficient (Wildman–Crippen LogP) is 3.14. The van der Waals surface area contributed by atoms with Crippen LogP contribution in [0.25, 0.3) is 0 Å². The third-order valence-electron chi connectivity index (χ3n) is 4.85. The highest BCUT2D eigenvalue weighted by atomic mass is 15.2. The molecule has 2 nitrogen and oxygen atoms in total. The molecule has 0 amide bonds. The first-order valence-corrected chi connectivity index (χ1v) is 7.88. The predicted molar refractivity (Wildman–Crippen MR) is 80.4 cm³/mol. The zero-order valence-electron chi connectivity index (χ0n) is 12.2. The van der Waals surface area contributed by atoms with E-state index in [9.17, 15) is 0 Å². The molecule has 1 N–H and O–H groups in total. The van der Waals surface area contributed by atoms with Gasteiger partial charge in [0.05, 0.1) is 0 Å². The summed E-state index contributed by atoms with van der Waals surface area (Å²) in [5.41, 5.74) is 3.10. The number of fused-ring (bicyclic) bond motifs is 1. The van der Waals surface area contributed by atoms with Crippen LogP contribution < -0.4 is 5.32 Å². The highest BCUT2D eigenvalue weighted by Gasteiger charge is 2.38. The summed E-state index contributed by atoms with van der Waals surface area (Å²) in [6.45, 7) is 7.05. The van der Waals surface area contributed by atoms with Crippen molar-refractivity contribution >= 4 is 0 Å². The Bertz CT molecular complexity index is 429. The van der Waals surface area contributed by atoms with Crippen molar-refractivity contribution in [2.75, 3.05) is 13.1 Å². The van der Waals surface area contributed by atoms with Crippen molar-refractivity contribution in [1.82, 2.24) is 10.2 Å². The van der Waals surface area contributed by atoms with Crippen molar-refractivity contribution in [2.24, 2.45) is 0 Å². The molecule has 1 aromatic carbocycles. The van der Waals surface area contributed by atoms with Gasteiger partial charge in [0.25, 0.3) is 0 Å². The zero-order valence-corrected chi connectivity index (χ0v) is 12.2. The molecule has 104 valence electrons. The largest absolute Gasteiger partial charge is 0.309 e. The molecule has 0 spiro atoms. The third-order valence-corrected chi connectivity index (χ3v) is 4.85. The smallest absolute Gasteiger partial charge is 0.0484 e. The fraction of sp³-hybridized carbons (Fsp3) is 0.647. The van der Waals surface area contributed by atoms with Crippen LogP contribution in [0.2, 0.25) is 0 Å². The Morgan fingerprint density at radius 3 is 2.89 bits per heavy atom.